The average molecular weight is 516 g/mol. The third-order valence-electron chi connectivity index (χ3n) is 6.49. The predicted molar refractivity (Wildman–Crippen MR) is 119 cm³/mol. The fourth-order valence-electron chi connectivity index (χ4n) is 4.41. The molecule has 1 aliphatic heterocycles. The minimum atomic E-state index is -1.87. The number of aromatic hydroxyl groups is 1. The van der Waals surface area contributed by atoms with E-state index in [1.54, 1.807) is 0 Å². The molecule has 1 saturated carbocycles. The summed E-state index contributed by atoms with van der Waals surface area (Å²) in [7, 11) is 1.37. The van der Waals surface area contributed by atoms with Gasteiger partial charge in [-0.1, -0.05) is 6.07 Å². The van der Waals surface area contributed by atoms with Crippen molar-refractivity contribution >= 4 is 12.0 Å². The highest BCUT2D eigenvalue weighted by Crippen LogP contribution is 2.42. The van der Waals surface area contributed by atoms with Crippen molar-refractivity contribution in [2.24, 2.45) is 5.92 Å². The molecule has 0 bridgehead atoms. The van der Waals surface area contributed by atoms with Crippen LogP contribution >= 0.6 is 0 Å². The van der Waals surface area contributed by atoms with E-state index in [-0.39, 0.29) is 17.9 Å². The molecule has 0 spiro atoms. The monoisotopic (exact) mass is 516 g/mol. The molecule has 2 aliphatic rings. The second-order valence-corrected chi connectivity index (χ2v) is 8.80. The zero-order valence-corrected chi connectivity index (χ0v) is 19.5. The maximum Gasteiger partial charge on any atom is 0.331 e. The largest absolute Gasteiger partial charge is 0.504 e. The Hall–Kier alpha value is -2.33. The van der Waals surface area contributed by atoms with Crippen LogP contribution in [0.5, 0.6) is 11.5 Å². The number of ether oxygens (including phenoxy) is 4. The quantitative estimate of drug-likeness (QED) is 0.123. The lowest BCUT2D eigenvalue weighted by Gasteiger charge is -2.43. The molecule has 1 heterocycles. The van der Waals surface area contributed by atoms with Gasteiger partial charge in [0, 0.05) is 18.6 Å². The second kappa shape index (κ2) is 11.8. The lowest BCUT2D eigenvalue weighted by molar-refractivity contribution is -0.338. The highest BCUT2D eigenvalue weighted by molar-refractivity contribution is 5.87. The van der Waals surface area contributed by atoms with E-state index in [0.717, 1.165) is 6.08 Å². The van der Waals surface area contributed by atoms with Gasteiger partial charge < -0.3 is 59.8 Å². The zero-order chi connectivity index (χ0) is 26.6. The Labute approximate surface area is 206 Å². The van der Waals surface area contributed by atoms with Crippen molar-refractivity contribution in [1.29, 1.82) is 0 Å². The summed E-state index contributed by atoms with van der Waals surface area (Å²) >= 11 is 0. The summed E-state index contributed by atoms with van der Waals surface area (Å²) < 4.78 is 21.3. The van der Waals surface area contributed by atoms with Crippen molar-refractivity contribution in [3.63, 3.8) is 0 Å². The highest BCUT2D eigenvalue weighted by atomic mass is 16.7. The molecular weight excluding hydrogens is 484 g/mol. The number of aliphatic hydroxyl groups is 7. The van der Waals surface area contributed by atoms with E-state index < -0.39 is 80.2 Å². The summed E-state index contributed by atoms with van der Waals surface area (Å²) in [5, 5.41) is 80.1. The van der Waals surface area contributed by atoms with Gasteiger partial charge in [-0.25, -0.2) is 4.79 Å². The molecule has 9 atom stereocenters. The van der Waals surface area contributed by atoms with E-state index in [2.05, 4.69) is 0 Å². The Morgan fingerprint density at radius 3 is 2.44 bits per heavy atom. The van der Waals surface area contributed by atoms with Crippen LogP contribution in [0.1, 0.15) is 12.0 Å². The van der Waals surface area contributed by atoms with Crippen LogP contribution < -0.4 is 4.74 Å². The predicted octanol–water partition coefficient (Wildman–Crippen LogP) is -2.75. The van der Waals surface area contributed by atoms with Gasteiger partial charge in [0.2, 0.25) is 0 Å². The minimum absolute atomic E-state index is 0.0863. The number of carbonyl (C=O) groups excluding carboxylic acids is 1. The van der Waals surface area contributed by atoms with Crippen molar-refractivity contribution in [1.82, 2.24) is 0 Å². The highest BCUT2D eigenvalue weighted by Gasteiger charge is 2.58. The van der Waals surface area contributed by atoms with Crippen molar-refractivity contribution in [2.75, 3.05) is 26.9 Å². The van der Waals surface area contributed by atoms with Crippen LogP contribution in [0.2, 0.25) is 0 Å². The molecule has 2 fully saturated rings. The number of methoxy groups -OCH3 is 1. The number of aliphatic hydroxyl groups excluding tert-OH is 7. The van der Waals surface area contributed by atoms with E-state index >= 15 is 0 Å². The first kappa shape index (κ1) is 28.2. The molecule has 8 N–H and O–H groups in total. The van der Waals surface area contributed by atoms with Gasteiger partial charge in [-0.15, -0.1) is 0 Å². The Kier molecular flexibility index (Phi) is 9.27. The van der Waals surface area contributed by atoms with E-state index in [9.17, 15) is 45.6 Å². The molecule has 202 valence electrons. The maximum atomic E-state index is 12.5. The molecule has 0 aromatic heterocycles. The van der Waals surface area contributed by atoms with E-state index in [4.69, 9.17) is 18.9 Å². The molecule has 13 nitrogen and oxygen atoms in total. The number of benzene rings is 1. The van der Waals surface area contributed by atoms with Crippen molar-refractivity contribution in [3.8, 4) is 11.5 Å². The first-order chi connectivity index (χ1) is 17.1. The molecule has 3 rings (SSSR count). The summed E-state index contributed by atoms with van der Waals surface area (Å²) in [6.07, 6.45) is -8.91. The van der Waals surface area contributed by atoms with Gasteiger partial charge in [0.15, 0.2) is 17.8 Å². The van der Waals surface area contributed by atoms with E-state index in [1.807, 2.05) is 0 Å². The Morgan fingerprint density at radius 1 is 1.11 bits per heavy atom. The molecule has 1 aromatic carbocycles. The van der Waals surface area contributed by atoms with E-state index in [0.29, 0.717) is 5.56 Å². The normalized spacial score (nSPS) is 36.8. The molecule has 1 aromatic rings. The lowest BCUT2D eigenvalue weighted by atomic mass is 9.96. The molecule has 13 heteroatoms. The van der Waals surface area contributed by atoms with Gasteiger partial charge in [0.1, 0.15) is 42.2 Å². The van der Waals surface area contributed by atoms with Crippen molar-refractivity contribution in [3.05, 3.63) is 29.8 Å². The molecule has 0 radical (unpaired) electrons. The topological polar surface area (TPSA) is 216 Å². The standard InChI is InChI=1S/C23H32O13/c1-33-14-6-11(2-4-13(14)27)3-5-16(28)35-20-12(8-24)7-23(10-26,21(20)32)36-22-19(31)18(30)17(29)15(9-25)34-22/h2-6,12,15,17-22,24-27,29-32H,7-10H2,1H3. The number of hydrogen-bond donors (Lipinski definition) is 8. The van der Waals surface area contributed by atoms with Crippen LogP contribution in [-0.2, 0) is 19.0 Å². The number of esters is 1. The number of rotatable bonds is 9. The molecule has 1 aliphatic carbocycles. The first-order valence-electron chi connectivity index (χ1n) is 11.2. The van der Waals surface area contributed by atoms with Crippen LogP contribution in [0.15, 0.2) is 24.3 Å². The van der Waals surface area contributed by atoms with Gasteiger partial charge in [0.05, 0.1) is 20.3 Å². The number of phenolic OH excluding ortho intramolecular Hbond substituents is 1. The number of carbonyl (C=O) groups is 1. The SMILES string of the molecule is COc1cc(C=CC(=O)OC2C(CO)CC(CO)(OC3OC(CO)C(O)C(O)C3O)C2O)ccc1O. The lowest BCUT2D eigenvalue weighted by Crippen LogP contribution is -2.62. The van der Waals surface area contributed by atoms with Gasteiger partial charge in [-0.05, 0) is 30.2 Å². The molecule has 1 saturated heterocycles. The Bertz CT molecular complexity index is 921. The van der Waals surface area contributed by atoms with Crippen molar-refractivity contribution < 1.29 is 64.6 Å². The first-order valence-corrected chi connectivity index (χ1v) is 11.2. The van der Waals surface area contributed by atoms with Crippen LogP contribution in [0.4, 0.5) is 0 Å². The average Bonchev–Trinajstić information content (AvgIpc) is 3.14. The van der Waals surface area contributed by atoms with Gasteiger partial charge in [-0.3, -0.25) is 0 Å². The van der Waals surface area contributed by atoms with Crippen LogP contribution in [0.25, 0.3) is 6.08 Å². The smallest absolute Gasteiger partial charge is 0.331 e. The van der Waals surface area contributed by atoms with Crippen LogP contribution in [-0.4, -0.2) is 122 Å². The summed E-state index contributed by atoms with van der Waals surface area (Å²) in [4.78, 5) is 12.5. The summed E-state index contributed by atoms with van der Waals surface area (Å²) in [6.45, 7) is -2.09. The number of hydrogen-bond acceptors (Lipinski definition) is 13. The van der Waals surface area contributed by atoms with Crippen LogP contribution in [0.3, 0.4) is 0 Å². The van der Waals surface area contributed by atoms with Gasteiger partial charge in [0.25, 0.3) is 0 Å². The van der Waals surface area contributed by atoms with Crippen molar-refractivity contribution in [2.45, 2.75) is 54.9 Å². The Morgan fingerprint density at radius 2 is 1.83 bits per heavy atom. The number of phenols is 1. The maximum absolute atomic E-state index is 12.5. The third kappa shape index (κ3) is 5.64. The summed E-state index contributed by atoms with van der Waals surface area (Å²) in [5.74, 6) is -1.65. The summed E-state index contributed by atoms with van der Waals surface area (Å²) in [5.41, 5.74) is -1.37. The van der Waals surface area contributed by atoms with Crippen LogP contribution in [0, 0.1) is 5.92 Å². The summed E-state index contributed by atoms with van der Waals surface area (Å²) in [6, 6.07) is 4.37. The second-order valence-electron chi connectivity index (χ2n) is 8.80. The fourth-order valence-corrected chi connectivity index (χ4v) is 4.41. The minimum Gasteiger partial charge on any atom is -0.504 e. The zero-order valence-electron chi connectivity index (χ0n) is 19.5. The third-order valence-corrected chi connectivity index (χ3v) is 6.49. The fraction of sp³-hybridized carbons (Fsp3) is 0.609. The molecule has 36 heavy (non-hydrogen) atoms. The molecular formula is C23H32O13. The Balaban J connectivity index is 1.74. The van der Waals surface area contributed by atoms with E-state index in [1.165, 1.54) is 31.4 Å². The molecule has 0 amide bonds. The molecule has 9 unspecified atom stereocenters. The van der Waals surface area contributed by atoms with Gasteiger partial charge in [-0.2, -0.15) is 0 Å². The van der Waals surface area contributed by atoms with Gasteiger partial charge >= 0.3 is 5.97 Å².